The van der Waals surface area contributed by atoms with Gasteiger partial charge in [0.25, 0.3) is 0 Å². The van der Waals surface area contributed by atoms with E-state index in [1.807, 2.05) is 5.37 Å². The van der Waals surface area contributed by atoms with E-state index in [1.165, 1.54) is 31.9 Å². The van der Waals surface area contributed by atoms with Crippen molar-refractivity contribution in [2.45, 2.75) is 56.2 Å². The molecule has 0 amide bonds. The van der Waals surface area contributed by atoms with Gasteiger partial charge < -0.3 is 5.73 Å². The lowest BCUT2D eigenvalue weighted by Gasteiger charge is -2.56. The van der Waals surface area contributed by atoms with Gasteiger partial charge in [-0.15, -0.1) is 11.6 Å². The number of fused-ring (bicyclic) bond motifs is 2. The third kappa shape index (κ3) is 3.25. The first-order chi connectivity index (χ1) is 10.4. The minimum Gasteiger partial charge on any atom is -0.333 e. The fourth-order valence-electron chi connectivity index (χ4n) is 4.57. The van der Waals surface area contributed by atoms with E-state index in [2.05, 4.69) is 49.9 Å². The Kier molecular flexibility index (Phi) is 5.36. The lowest BCUT2D eigenvalue weighted by Crippen LogP contribution is -2.52. The van der Waals surface area contributed by atoms with Gasteiger partial charge in [-0.3, -0.25) is 0 Å². The van der Waals surface area contributed by atoms with Crippen LogP contribution in [0.5, 0.6) is 0 Å². The van der Waals surface area contributed by atoms with Crippen LogP contribution in [0.4, 0.5) is 0 Å². The van der Waals surface area contributed by atoms with E-state index in [0.717, 1.165) is 12.8 Å². The zero-order chi connectivity index (χ0) is 16.4. The Labute approximate surface area is 145 Å². The van der Waals surface area contributed by atoms with Crippen LogP contribution < -0.4 is 5.73 Å². The monoisotopic (exact) mass is 337 g/mol. The molecule has 0 heterocycles. The van der Waals surface area contributed by atoms with Crippen LogP contribution in [0.15, 0.2) is 30.3 Å². The highest BCUT2D eigenvalue weighted by atomic mass is 35.5. The maximum Gasteiger partial charge on any atom is 0.0447 e. The number of benzene rings is 1. The Balaban J connectivity index is 0.000000847. The van der Waals surface area contributed by atoms with Crippen molar-refractivity contribution >= 4 is 29.2 Å². The highest BCUT2D eigenvalue weighted by Gasteiger charge is 2.54. The maximum absolute atomic E-state index is 6.82. The van der Waals surface area contributed by atoms with Gasteiger partial charge in [0.05, 0.1) is 0 Å². The average Bonchev–Trinajstić information content (AvgIpc) is 2.54. The molecule has 22 heavy (non-hydrogen) atoms. The summed E-state index contributed by atoms with van der Waals surface area (Å²) in [7, 11) is 1.50. The third-order valence-electron chi connectivity index (χ3n) is 5.71. The van der Waals surface area contributed by atoms with Crippen molar-refractivity contribution in [3.05, 3.63) is 35.9 Å². The number of hydrogen-bond acceptors (Lipinski definition) is 2. The van der Waals surface area contributed by atoms with Crippen molar-refractivity contribution < 1.29 is 0 Å². The Morgan fingerprint density at radius 1 is 1.14 bits per heavy atom. The first-order valence-electron chi connectivity index (χ1n) is 8.18. The molecule has 2 N–H and O–H groups in total. The summed E-state index contributed by atoms with van der Waals surface area (Å²) in [4.78, 5) is -0.0572. The number of hydrogen-bond donors (Lipinski definition) is 1. The second-order valence-corrected chi connectivity index (χ2v) is 8.58. The Morgan fingerprint density at radius 3 is 2.36 bits per heavy atom. The normalized spacial score (nSPS) is 40.3. The fourth-order valence-corrected chi connectivity index (χ4v) is 5.00. The molecule has 0 aromatic heterocycles. The molecule has 2 bridgehead atoms. The van der Waals surface area contributed by atoms with E-state index < -0.39 is 0 Å². The van der Waals surface area contributed by atoms with Gasteiger partial charge >= 0.3 is 0 Å². The van der Waals surface area contributed by atoms with Crippen LogP contribution in [0.2, 0.25) is 0 Å². The number of halogens is 1. The quantitative estimate of drug-likeness (QED) is 0.600. The summed E-state index contributed by atoms with van der Waals surface area (Å²) in [6.45, 7) is 4.55. The molecule has 4 atom stereocenters. The first-order valence-corrected chi connectivity index (χ1v) is 9.03. The molecule has 0 aliphatic heterocycles. The zero-order valence-corrected chi connectivity index (χ0v) is 15.5. The number of nitrogens with two attached hydrogens (primary N) is 1. The van der Waals surface area contributed by atoms with Gasteiger partial charge in [-0.2, -0.15) is 0 Å². The molecule has 0 radical (unpaired) electrons. The van der Waals surface area contributed by atoms with Gasteiger partial charge in [0.15, 0.2) is 0 Å². The predicted molar refractivity (Wildman–Crippen MR) is 101 cm³/mol. The SMILES string of the molecule is CC1(C=S)CC2CC(c3ccccc3)(CCC2(C)Cl)C1.CN. The summed E-state index contributed by atoms with van der Waals surface area (Å²) in [6.07, 6.45) is 5.84. The largest absolute Gasteiger partial charge is 0.333 e. The Hall–Kier alpha value is -0.440. The molecule has 3 heteroatoms. The number of thiocarbonyl (C=S) groups is 1. The molecule has 1 aromatic carbocycles. The lowest BCUT2D eigenvalue weighted by atomic mass is 9.50. The second-order valence-electron chi connectivity index (χ2n) is 7.48. The van der Waals surface area contributed by atoms with Crippen LogP contribution in [0, 0.1) is 11.3 Å². The molecule has 122 valence electrons. The lowest BCUT2D eigenvalue weighted by molar-refractivity contribution is 0.0601. The molecular weight excluding hydrogens is 310 g/mol. The third-order valence-corrected chi connectivity index (χ3v) is 6.77. The fraction of sp³-hybridized carbons (Fsp3) is 0.632. The Bertz CT molecular complexity index is 515. The average molecular weight is 338 g/mol. The molecule has 1 nitrogen and oxygen atoms in total. The maximum atomic E-state index is 6.82. The highest BCUT2D eigenvalue weighted by molar-refractivity contribution is 7.79. The topological polar surface area (TPSA) is 26.0 Å². The van der Waals surface area contributed by atoms with Crippen molar-refractivity contribution in [2.75, 3.05) is 7.05 Å². The van der Waals surface area contributed by atoms with Gasteiger partial charge in [-0.05, 0) is 73.8 Å². The molecule has 0 saturated heterocycles. The standard InChI is InChI=1S/C18H23ClS.CH5N/c1-16(13-20)10-15-11-18(12-16,9-8-17(15,2)19)14-6-4-3-5-7-14;1-2/h3-7,13,15H,8-12H2,1-2H3;2H2,1H3. The smallest absolute Gasteiger partial charge is 0.0447 e. The van der Waals surface area contributed by atoms with E-state index in [0.29, 0.717) is 5.92 Å². The summed E-state index contributed by atoms with van der Waals surface area (Å²) in [5.41, 5.74) is 6.41. The summed E-state index contributed by atoms with van der Waals surface area (Å²) in [6, 6.07) is 11.0. The molecule has 4 unspecified atom stereocenters. The van der Waals surface area contributed by atoms with Crippen molar-refractivity contribution in [3.8, 4) is 0 Å². The molecule has 0 spiro atoms. The molecule has 1 aromatic rings. The predicted octanol–water partition coefficient (Wildman–Crippen LogP) is 5.10. The number of alkyl halides is 1. The van der Waals surface area contributed by atoms with Gasteiger partial charge in [0.1, 0.15) is 0 Å². The summed E-state index contributed by atoms with van der Waals surface area (Å²) < 4.78 is 0. The van der Waals surface area contributed by atoms with E-state index in [9.17, 15) is 0 Å². The van der Waals surface area contributed by atoms with E-state index >= 15 is 0 Å². The molecule has 3 rings (SSSR count). The van der Waals surface area contributed by atoms with Crippen LogP contribution in [0.1, 0.15) is 51.5 Å². The van der Waals surface area contributed by atoms with Crippen molar-refractivity contribution in [2.24, 2.45) is 17.1 Å². The van der Waals surface area contributed by atoms with E-state index in [4.69, 9.17) is 23.8 Å². The van der Waals surface area contributed by atoms with Gasteiger partial charge in [-0.1, -0.05) is 49.5 Å². The molecule has 2 aliphatic carbocycles. The van der Waals surface area contributed by atoms with Crippen LogP contribution in [-0.2, 0) is 5.41 Å². The highest BCUT2D eigenvalue weighted by Crippen LogP contribution is 2.60. The minimum atomic E-state index is -0.0572. The molecule has 2 fully saturated rings. The minimum absolute atomic E-state index is 0.0572. The van der Waals surface area contributed by atoms with Crippen LogP contribution >= 0.6 is 23.8 Å². The van der Waals surface area contributed by atoms with Gasteiger partial charge in [0, 0.05) is 4.87 Å². The van der Waals surface area contributed by atoms with Crippen LogP contribution in [-0.4, -0.2) is 17.3 Å². The van der Waals surface area contributed by atoms with Crippen LogP contribution in [0.3, 0.4) is 0 Å². The number of rotatable bonds is 2. The summed E-state index contributed by atoms with van der Waals surface area (Å²) in [5, 5.41) is 2.01. The zero-order valence-electron chi connectivity index (χ0n) is 13.9. The molecule has 2 aliphatic rings. The molecular formula is C19H28ClNS. The molecule has 2 saturated carbocycles. The summed E-state index contributed by atoms with van der Waals surface area (Å²) >= 11 is 12.2. The van der Waals surface area contributed by atoms with Gasteiger partial charge in [-0.25, -0.2) is 0 Å². The van der Waals surface area contributed by atoms with Crippen molar-refractivity contribution in [1.82, 2.24) is 0 Å². The van der Waals surface area contributed by atoms with Crippen molar-refractivity contribution in [1.29, 1.82) is 0 Å². The second kappa shape index (κ2) is 6.59. The summed E-state index contributed by atoms with van der Waals surface area (Å²) in [5.74, 6) is 0.566. The van der Waals surface area contributed by atoms with Gasteiger partial charge in [0.2, 0.25) is 0 Å². The van der Waals surface area contributed by atoms with Crippen molar-refractivity contribution in [3.63, 3.8) is 0 Å². The van der Waals surface area contributed by atoms with Crippen LogP contribution in [0.25, 0.3) is 0 Å². The van der Waals surface area contributed by atoms with E-state index in [-0.39, 0.29) is 15.7 Å². The first kappa shape index (κ1) is 17.9. The van der Waals surface area contributed by atoms with E-state index in [1.54, 1.807) is 0 Å². The Morgan fingerprint density at radius 2 is 1.77 bits per heavy atom.